The molecule has 0 radical (unpaired) electrons. The molecular formula is C26H19BrIN3O7. The van der Waals surface area contributed by atoms with E-state index in [1.165, 1.54) is 24.3 Å². The highest BCUT2D eigenvalue weighted by molar-refractivity contribution is 14.1. The van der Waals surface area contributed by atoms with Gasteiger partial charge in [-0.05, 0) is 77.0 Å². The monoisotopic (exact) mass is 691 g/mol. The second-order valence-corrected chi connectivity index (χ2v) is 9.99. The molecule has 38 heavy (non-hydrogen) atoms. The van der Waals surface area contributed by atoms with Crippen molar-refractivity contribution in [3.05, 3.63) is 95.5 Å². The standard InChI is InChI=1S/C26H19BrIN3O7/c1-2-37-22-12-16(11-21(28)23(22)38-14-15-6-8-17(27)9-7-15)10-20-24(32)29-26(34)30(25(20)33)18-4-3-5-19(13-18)31(35)36/h3-13H,2,14H2,1H3,(H,29,32,34)/b20-10+. The summed E-state index contributed by atoms with van der Waals surface area (Å²) in [6.45, 7) is 2.46. The van der Waals surface area contributed by atoms with Gasteiger partial charge in [0, 0.05) is 16.6 Å². The van der Waals surface area contributed by atoms with Crippen LogP contribution in [0.1, 0.15) is 18.1 Å². The highest BCUT2D eigenvalue weighted by Crippen LogP contribution is 2.36. The highest BCUT2D eigenvalue weighted by atomic mass is 127. The Balaban J connectivity index is 1.66. The molecule has 4 rings (SSSR count). The van der Waals surface area contributed by atoms with Gasteiger partial charge in [0.15, 0.2) is 11.5 Å². The number of amides is 4. The summed E-state index contributed by atoms with van der Waals surface area (Å²) in [4.78, 5) is 49.5. The number of non-ortho nitro benzene ring substituents is 1. The van der Waals surface area contributed by atoms with Gasteiger partial charge in [0.2, 0.25) is 0 Å². The van der Waals surface area contributed by atoms with E-state index in [1.54, 1.807) is 12.1 Å². The molecule has 12 heteroatoms. The summed E-state index contributed by atoms with van der Waals surface area (Å²) in [5.41, 5.74) is 0.744. The fourth-order valence-corrected chi connectivity index (χ4v) is 4.66. The van der Waals surface area contributed by atoms with Crippen LogP contribution in [0.5, 0.6) is 11.5 Å². The van der Waals surface area contributed by atoms with E-state index >= 15 is 0 Å². The molecule has 1 aliphatic heterocycles. The SMILES string of the molecule is CCOc1cc(/C=C2\C(=O)NC(=O)N(c3cccc([N+](=O)[O-])c3)C2=O)cc(I)c1OCc1ccc(Br)cc1. The van der Waals surface area contributed by atoms with Gasteiger partial charge in [-0.15, -0.1) is 0 Å². The second kappa shape index (κ2) is 11.7. The number of carbonyl (C=O) groups excluding carboxylic acids is 3. The van der Waals surface area contributed by atoms with Gasteiger partial charge >= 0.3 is 6.03 Å². The maximum Gasteiger partial charge on any atom is 0.335 e. The van der Waals surface area contributed by atoms with Crippen molar-refractivity contribution in [3.8, 4) is 11.5 Å². The molecule has 0 unspecified atom stereocenters. The number of ether oxygens (including phenoxy) is 2. The maximum absolute atomic E-state index is 13.2. The number of barbiturate groups is 1. The van der Waals surface area contributed by atoms with E-state index in [2.05, 4.69) is 43.8 Å². The third-order valence-corrected chi connectivity index (χ3v) is 6.67. The number of hydrogen-bond acceptors (Lipinski definition) is 7. The Kier molecular flexibility index (Phi) is 8.42. The average molecular weight is 692 g/mol. The number of carbonyl (C=O) groups is 3. The summed E-state index contributed by atoms with van der Waals surface area (Å²) in [6.07, 6.45) is 1.33. The minimum Gasteiger partial charge on any atom is -0.490 e. The fourth-order valence-electron chi connectivity index (χ4n) is 3.61. The zero-order chi connectivity index (χ0) is 27.4. The van der Waals surface area contributed by atoms with Crippen LogP contribution in [0.4, 0.5) is 16.2 Å². The molecule has 4 amide bonds. The number of anilines is 1. The summed E-state index contributed by atoms with van der Waals surface area (Å²) < 4.78 is 13.4. The van der Waals surface area contributed by atoms with Crippen molar-refractivity contribution in [1.29, 1.82) is 0 Å². The lowest BCUT2D eigenvalue weighted by molar-refractivity contribution is -0.384. The van der Waals surface area contributed by atoms with E-state index in [9.17, 15) is 24.5 Å². The first kappa shape index (κ1) is 27.3. The molecule has 10 nitrogen and oxygen atoms in total. The number of nitro groups is 1. The minimum absolute atomic E-state index is 0.0404. The predicted molar refractivity (Wildman–Crippen MR) is 151 cm³/mol. The van der Waals surface area contributed by atoms with Crippen molar-refractivity contribution in [1.82, 2.24) is 5.32 Å². The van der Waals surface area contributed by atoms with Crippen molar-refractivity contribution in [3.63, 3.8) is 0 Å². The quantitative estimate of drug-likeness (QED) is 0.107. The van der Waals surface area contributed by atoms with E-state index < -0.39 is 22.8 Å². The summed E-state index contributed by atoms with van der Waals surface area (Å²) in [5.74, 6) is -0.878. The summed E-state index contributed by atoms with van der Waals surface area (Å²) >= 11 is 5.48. The molecule has 3 aromatic carbocycles. The van der Waals surface area contributed by atoms with Gasteiger partial charge in [-0.2, -0.15) is 0 Å². The summed E-state index contributed by atoms with van der Waals surface area (Å²) in [5, 5.41) is 13.3. The van der Waals surface area contributed by atoms with Gasteiger partial charge in [0.1, 0.15) is 12.2 Å². The van der Waals surface area contributed by atoms with Gasteiger partial charge in [-0.25, -0.2) is 9.69 Å². The Morgan fingerprint density at radius 3 is 2.50 bits per heavy atom. The van der Waals surface area contributed by atoms with Crippen LogP contribution in [0.2, 0.25) is 0 Å². The molecule has 0 atom stereocenters. The second-order valence-electron chi connectivity index (χ2n) is 7.91. The van der Waals surface area contributed by atoms with Crippen LogP contribution >= 0.6 is 38.5 Å². The Bertz CT molecular complexity index is 1470. The number of halogens is 2. The molecule has 0 saturated carbocycles. The van der Waals surface area contributed by atoms with Gasteiger partial charge < -0.3 is 9.47 Å². The van der Waals surface area contributed by atoms with E-state index in [1.807, 2.05) is 31.2 Å². The van der Waals surface area contributed by atoms with Crippen molar-refractivity contribution in [2.24, 2.45) is 0 Å². The average Bonchev–Trinajstić information content (AvgIpc) is 2.87. The summed E-state index contributed by atoms with van der Waals surface area (Å²) in [6, 6.07) is 15.0. The smallest absolute Gasteiger partial charge is 0.335 e. The van der Waals surface area contributed by atoms with Gasteiger partial charge in [0.05, 0.1) is 20.8 Å². The number of hydrogen-bond donors (Lipinski definition) is 1. The number of nitrogens with zero attached hydrogens (tertiary/aromatic N) is 2. The molecule has 0 spiro atoms. The summed E-state index contributed by atoms with van der Waals surface area (Å²) in [7, 11) is 0. The van der Waals surface area contributed by atoms with E-state index in [0.717, 1.165) is 16.1 Å². The molecule has 1 aliphatic rings. The molecule has 1 saturated heterocycles. The van der Waals surface area contributed by atoms with E-state index in [0.29, 0.717) is 38.7 Å². The van der Waals surface area contributed by atoms with Crippen LogP contribution in [0.3, 0.4) is 0 Å². The number of urea groups is 1. The van der Waals surface area contributed by atoms with Crippen molar-refractivity contribution in [2.45, 2.75) is 13.5 Å². The number of nitro benzene ring substituents is 1. The van der Waals surface area contributed by atoms with Crippen LogP contribution in [-0.2, 0) is 16.2 Å². The largest absolute Gasteiger partial charge is 0.490 e. The number of imide groups is 2. The lowest BCUT2D eigenvalue weighted by Crippen LogP contribution is -2.54. The van der Waals surface area contributed by atoms with Crippen molar-refractivity contribution in [2.75, 3.05) is 11.5 Å². The van der Waals surface area contributed by atoms with Gasteiger partial charge in [-0.1, -0.05) is 34.1 Å². The molecule has 3 aromatic rings. The first-order valence-corrected chi connectivity index (χ1v) is 13.0. The lowest BCUT2D eigenvalue weighted by Gasteiger charge is -2.26. The first-order chi connectivity index (χ1) is 18.2. The van der Waals surface area contributed by atoms with Gasteiger partial charge in [-0.3, -0.25) is 25.0 Å². The molecule has 1 fully saturated rings. The minimum atomic E-state index is -1.00. The predicted octanol–water partition coefficient (Wildman–Crippen LogP) is 5.61. The molecular weight excluding hydrogens is 673 g/mol. The molecule has 1 N–H and O–H groups in total. The molecule has 0 bridgehead atoms. The number of nitrogens with one attached hydrogen (secondary N) is 1. The normalized spacial score (nSPS) is 14.4. The van der Waals surface area contributed by atoms with Crippen LogP contribution in [-0.4, -0.2) is 29.4 Å². The Morgan fingerprint density at radius 2 is 1.82 bits per heavy atom. The van der Waals surface area contributed by atoms with Crippen LogP contribution < -0.4 is 19.7 Å². The molecule has 1 heterocycles. The number of rotatable bonds is 8. The zero-order valence-corrected chi connectivity index (χ0v) is 23.5. The van der Waals surface area contributed by atoms with Crippen LogP contribution in [0, 0.1) is 13.7 Å². The van der Waals surface area contributed by atoms with Crippen LogP contribution in [0.25, 0.3) is 6.08 Å². The fraction of sp³-hybridized carbons (Fsp3) is 0.115. The zero-order valence-electron chi connectivity index (χ0n) is 19.8. The van der Waals surface area contributed by atoms with Crippen molar-refractivity contribution < 1.29 is 28.8 Å². The van der Waals surface area contributed by atoms with E-state index in [-0.39, 0.29) is 16.9 Å². The molecule has 194 valence electrons. The third kappa shape index (κ3) is 6.02. The number of benzene rings is 3. The Morgan fingerprint density at radius 1 is 1.08 bits per heavy atom. The third-order valence-electron chi connectivity index (χ3n) is 5.34. The van der Waals surface area contributed by atoms with E-state index in [4.69, 9.17) is 9.47 Å². The first-order valence-electron chi connectivity index (χ1n) is 11.2. The molecule has 0 aromatic heterocycles. The van der Waals surface area contributed by atoms with Crippen molar-refractivity contribution >= 4 is 73.8 Å². The van der Waals surface area contributed by atoms with Crippen LogP contribution in [0.15, 0.2) is 70.7 Å². The topological polar surface area (TPSA) is 128 Å². The highest BCUT2D eigenvalue weighted by Gasteiger charge is 2.37. The van der Waals surface area contributed by atoms with Gasteiger partial charge in [0.25, 0.3) is 17.5 Å². The Hall–Kier alpha value is -3.78. The molecule has 0 aliphatic carbocycles. The Labute approximate surface area is 239 Å². The maximum atomic E-state index is 13.2. The lowest BCUT2D eigenvalue weighted by atomic mass is 10.1.